The molecule has 1 N–H and O–H groups in total. The Morgan fingerprint density at radius 2 is 1.97 bits per heavy atom. The number of ether oxygens (including phenoxy) is 1. The van der Waals surface area contributed by atoms with E-state index in [4.69, 9.17) is 9.73 Å². The molecule has 3 atom stereocenters. The Kier molecular flexibility index (Phi) is 6.92. The van der Waals surface area contributed by atoms with Crippen LogP contribution in [0.3, 0.4) is 0 Å². The van der Waals surface area contributed by atoms with Crippen molar-refractivity contribution in [3.8, 4) is 0 Å². The SMILES string of the molecule is CCN=C(NC1C2CCOC2C1(C)C)N1CCN(c2cc(F)ccc2F)CC1.I. The fraction of sp³-hybridized carbons (Fsp3) is 0.667. The number of nitrogens with zero attached hydrogens (tertiary/aromatic N) is 3. The van der Waals surface area contributed by atoms with Crippen LogP contribution in [0.1, 0.15) is 27.2 Å². The first kappa shape index (κ1) is 22.5. The second-order valence-corrected chi connectivity index (χ2v) is 8.56. The fourth-order valence-corrected chi connectivity index (χ4v) is 5.03. The fourth-order valence-electron chi connectivity index (χ4n) is 5.03. The van der Waals surface area contributed by atoms with E-state index in [1.165, 1.54) is 12.1 Å². The molecule has 162 valence electrons. The third-order valence-electron chi connectivity index (χ3n) is 6.52. The predicted molar refractivity (Wildman–Crippen MR) is 122 cm³/mol. The molecule has 8 heteroatoms. The predicted octanol–water partition coefficient (Wildman–Crippen LogP) is 3.48. The summed E-state index contributed by atoms with van der Waals surface area (Å²) in [5.74, 6) is 0.679. The van der Waals surface area contributed by atoms with E-state index in [1.807, 2.05) is 11.8 Å². The van der Waals surface area contributed by atoms with Crippen molar-refractivity contribution in [2.24, 2.45) is 16.3 Å². The lowest BCUT2D eigenvalue weighted by atomic mass is 9.57. The first-order valence-electron chi connectivity index (χ1n) is 10.3. The molecule has 2 heterocycles. The molecule has 0 aromatic heterocycles. The summed E-state index contributed by atoms with van der Waals surface area (Å²) in [4.78, 5) is 8.86. The number of nitrogens with one attached hydrogen (secondary N) is 1. The summed E-state index contributed by atoms with van der Waals surface area (Å²) in [6, 6.07) is 3.98. The standard InChI is InChI=1S/C21H30F2N4O.HI/c1-4-24-20(25-18-15-7-12-28-19(15)21(18,2)3)27-10-8-26(9-11-27)17-13-14(22)5-6-16(17)23;/h5-6,13,15,18-19H,4,7-12H2,1-3H3,(H,24,25);1H. The van der Waals surface area contributed by atoms with Gasteiger partial charge in [-0.2, -0.15) is 0 Å². The second-order valence-electron chi connectivity index (χ2n) is 8.56. The van der Waals surface area contributed by atoms with Crippen molar-refractivity contribution in [3.05, 3.63) is 29.8 Å². The number of aliphatic imine (C=N–C) groups is 1. The lowest BCUT2D eigenvalue weighted by molar-refractivity contribution is -0.107. The number of hydrogen-bond acceptors (Lipinski definition) is 3. The van der Waals surface area contributed by atoms with Crippen molar-refractivity contribution in [1.82, 2.24) is 10.2 Å². The highest BCUT2D eigenvalue weighted by atomic mass is 127. The topological polar surface area (TPSA) is 40.1 Å². The molecule has 3 aliphatic rings. The Morgan fingerprint density at radius 1 is 1.24 bits per heavy atom. The van der Waals surface area contributed by atoms with Gasteiger partial charge in [-0.15, -0.1) is 24.0 Å². The van der Waals surface area contributed by atoms with E-state index in [0.717, 1.165) is 38.1 Å². The maximum atomic E-state index is 14.1. The number of piperazine rings is 1. The van der Waals surface area contributed by atoms with Crippen LogP contribution in [-0.2, 0) is 4.74 Å². The minimum Gasteiger partial charge on any atom is -0.377 e. The summed E-state index contributed by atoms with van der Waals surface area (Å²) in [5.41, 5.74) is 0.426. The molecular weight excluding hydrogens is 489 g/mol. The molecule has 0 spiro atoms. The number of hydrogen-bond donors (Lipinski definition) is 1. The van der Waals surface area contributed by atoms with Gasteiger partial charge in [0.15, 0.2) is 5.96 Å². The molecule has 1 aliphatic carbocycles. The highest BCUT2D eigenvalue weighted by Gasteiger charge is 2.59. The van der Waals surface area contributed by atoms with E-state index >= 15 is 0 Å². The molecule has 3 unspecified atom stereocenters. The largest absolute Gasteiger partial charge is 0.377 e. The Morgan fingerprint density at radius 3 is 2.66 bits per heavy atom. The molecule has 0 amide bonds. The molecule has 2 aliphatic heterocycles. The van der Waals surface area contributed by atoms with E-state index in [1.54, 1.807) is 0 Å². The van der Waals surface area contributed by atoms with Gasteiger partial charge >= 0.3 is 0 Å². The van der Waals surface area contributed by atoms with Crippen LogP contribution in [0.5, 0.6) is 0 Å². The highest BCUT2D eigenvalue weighted by Crippen LogP contribution is 2.52. The quantitative estimate of drug-likeness (QED) is 0.377. The molecule has 1 aromatic rings. The highest BCUT2D eigenvalue weighted by molar-refractivity contribution is 14.0. The smallest absolute Gasteiger partial charge is 0.194 e. The summed E-state index contributed by atoms with van der Waals surface area (Å²) < 4.78 is 33.5. The maximum absolute atomic E-state index is 14.1. The van der Waals surface area contributed by atoms with Crippen LogP contribution in [0.2, 0.25) is 0 Å². The van der Waals surface area contributed by atoms with Gasteiger partial charge in [-0.25, -0.2) is 8.78 Å². The van der Waals surface area contributed by atoms with Crippen LogP contribution in [0.15, 0.2) is 23.2 Å². The number of halogens is 3. The zero-order chi connectivity index (χ0) is 19.9. The van der Waals surface area contributed by atoms with Crippen molar-refractivity contribution in [1.29, 1.82) is 0 Å². The van der Waals surface area contributed by atoms with Gasteiger partial charge in [-0.3, -0.25) is 4.99 Å². The van der Waals surface area contributed by atoms with Crippen molar-refractivity contribution in [2.75, 3.05) is 44.2 Å². The molecule has 3 fully saturated rings. The number of anilines is 1. The number of rotatable bonds is 3. The summed E-state index contributed by atoms with van der Waals surface area (Å²) >= 11 is 0. The Labute approximate surface area is 188 Å². The van der Waals surface area contributed by atoms with Crippen molar-refractivity contribution >= 4 is 35.6 Å². The Bertz CT molecular complexity index is 752. The number of fused-ring (bicyclic) bond motifs is 1. The zero-order valence-electron chi connectivity index (χ0n) is 17.3. The lowest BCUT2D eigenvalue weighted by Crippen LogP contribution is -2.68. The van der Waals surface area contributed by atoms with Gasteiger partial charge in [0.1, 0.15) is 11.6 Å². The average Bonchev–Trinajstić information content (AvgIpc) is 3.14. The molecule has 1 saturated carbocycles. The first-order valence-corrected chi connectivity index (χ1v) is 10.3. The number of benzene rings is 1. The van der Waals surface area contributed by atoms with Crippen LogP contribution in [0.25, 0.3) is 0 Å². The summed E-state index contributed by atoms with van der Waals surface area (Å²) in [7, 11) is 0. The Balaban J connectivity index is 0.00000240. The van der Waals surface area contributed by atoms with Crippen molar-refractivity contribution in [3.63, 3.8) is 0 Å². The zero-order valence-corrected chi connectivity index (χ0v) is 19.7. The van der Waals surface area contributed by atoms with Gasteiger partial charge in [0, 0.05) is 62.8 Å². The molecule has 2 saturated heterocycles. The van der Waals surface area contributed by atoms with E-state index in [9.17, 15) is 8.78 Å². The van der Waals surface area contributed by atoms with Crippen LogP contribution in [0.4, 0.5) is 14.5 Å². The van der Waals surface area contributed by atoms with Crippen LogP contribution < -0.4 is 10.2 Å². The van der Waals surface area contributed by atoms with Gasteiger partial charge in [0.25, 0.3) is 0 Å². The minimum atomic E-state index is -0.408. The first-order chi connectivity index (χ1) is 13.4. The van der Waals surface area contributed by atoms with E-state index in [0.29, 0.717) is 43.4 Å². The van der Waals surface area contributed by atoms with Crippen molar-refractivity contribution < 1.29 is 13.5 Å². The van der Waals surface area contributed by atoms with E-state index in [-0.39, 0.29) is 35.2 Å². The molecule has 4 rings (SSSR count). The normalized spacial score (nSPS) is 28.4. The summed E-state index contributed by atoms with van der Waals surface area (Å²) in [5, 5.41) is 3.70. The minimum absolute atomic E-state index is 0. The summed E-state index contributed by atoms with van der Waals surface area (Å²) in [6.07, 6.45) is 1.43. The van der Waals surface area contributed by atoms with E-state index in [2.05, 4.69) is 24.1 Å². The third-order valence-corrected chi connectivity index (χ3v) is 6.52. The molecule has 29 heavy (non-hydrogen) atoms. The van der Waals surface area contributed by atoms with Crippen molar-refractivity contribution in [2.45, 2.75) is 39.3 Å². The molecular formula is C21H31F2IN4O. The monoisotopic (exact) mass is 520 g/mol. The molecule has 0 radical (unpaired) electrons. The van der Waals surface area contributed by atoms with Gasteiger partial charge in [-0.1, -0.05) is 13.8 Å². The van der Waals surface area contributed by atoms with E-state index < -0.39 is 5.82 Å². The van der Waals surface area contributed by atoms with Gasteiger partial charge < -0.3 is 19.9 Å². The average molecular weight is 520 g/mol. The van der Waals surface area contributed by atoms with Gasteiger partial charge in [-0.05, 0) is 25.5 Å². The van der Waals surface area contributed by atoms with Crippen LogP contribution in [-0.4, -0.2) is 62.3 Å². The lowest BCUT2D eigenvalue weighted by Gasteiger charge is -2.55. The summed E-state index contributed by atoms with van der Waals surface area (Å²) in [6.45, 7) is 10.8. The van der Waals surface area contributed by atoms with Gasteiger partial charge in [0.2, 0.25) is 0 Å². The molecule has 1 aromatic carbocycles. The molecule has 5 nitrogen and oxygen atoms in total. The Hall–Kier alpha value is -1.16. The third kappa shape index (κ3) is 4.19. The maximum Gasteiger partial charge on any atom is 0.194 e. The number of guanidine groups is 1. The van der Waals surface area contributed by atoms with Crippen LogP contribution >= 0.6 is 24.0 Å². The van der Waals surface area contributed by atoms with Crippen LogP contribution in [0, 0.1) is 23.0 Å². The van der Waals surface area contributed by atoms with Gasteiger partial charge in [0.05, 0.1) is 11.8 Å². The second kappa shape index (κ2) is 8.91. The molecule has 0 bridgehead atoms.